The van der Waals surface area contributed by atoms with Gasteiger partial charge < -0.3 is 16.0 Å². The number of hydrogen-bond acceptors (Lipinski definition) is 3. The molecule has 0 radical (unpaired) electrons. The van der Waals surface area contributed by atoms with Crippen molar-refractivity contribution in [2.24, 2.45) is 0 Å². The largest absolute Gasteiger partial charge is 0.398 e. The maximum atomic E-state index is 12.1. The SMILES string of the molecule is Cc1ccc(N)c(C(=O)NC2CCN(C)C2)c1. The summed E-state index contributed by atoms with van der Waals surface area (Å²) in [6.07, 6.45) is 1.01. The van der Waals surface area contributed by atoms with Gasteiger partial charge in [-0.25, -0.2) is 0 Å². The number of rotatable bonds is 2. The highest BCUT2D eigenvalue weighted by atomic mass is 16.1. The molecular formula is C13H19N3O. The lowest BCUT2D eigenvalue weighted by atomic mass is 10.1. The Hall–Kier alpha value is -1.55. The fourth-order valence-corrected chi connectivity index (χ4v) is 2.18. The predicted octanol–water partition coefficient (Wildman–Crippen LogP) is 1.01. The van der Waals surface area contributed by atoms with Crippen molar-refractivity contribution in [2.45, 2.75) is 19.4 Å². The average molecular weight is 233 g/mol. The molecule has 1 heterocycles. The third-order valence-corrected chi connectivity index (χ3v) is 3.18. The van der Waals surface area contributed by atoms with E-state index in [9.17, 15) is 4.79 Å². The van der Waals surface area contributed by atoms with Gasteiger partial charge in [-0.3, -0.25) is 4.79 Å². The Kier molecular flexibility index (Phi) is 3.33. The Bertz CT molecular complexity index is 431. The summed E-state index contributed by atoms with van der Waals surface area (Å²) >= 11 is 0. The summed E-state index contributed by atoms with van der Waals surface area (Å²) in [5, 5.41) is 3.03. The molecule has 0 aromatic heterocycles. The van der Waals surface area contributed by atoms with Crippen LogP contribution in [0.25, 0.3) is 0 Å². The second-order valence-electron chi connectivity index (χ2n) is 4.81. The Morgan fingerprint density at radius 3 is 2.94 bits per heavy atom. The van der Waals surface area contributed by atoms with Gasteiger partial charge in [0, 0.05) is 18.3 Å². The van der Waals surface area contributed by atoms with Crippen molar-refractivity contribution in [1.29, 1.82) is 0 Å². The third kappa shape index (κ3) is 2.77. The van der Waals surface area contributed by atoms with Gasteiger partial charge in [0.1, 0.15) is 0 Å². The molecule has 17 heavy (non-hydrogen) atoms. The number of carbonyl (C=O) groups excluding carboxylic acids is 1. The van der Waals surface area contributed by atoms with Crippen LogP contribution in [0, 0.1) is 6.92 Å². The number of anilines is 1. The zero-order chi connectivity index (χ0) is 12.4. The molecule has 0 spiro atoms. The van der Waals surface area contributed by atoms with Crippen molar-refractivity contribution >= 4 is 11.6 Å². The number of nitrogens with one attached hydrogen (secondary N) is 1. The molecule has 1 aromatic carbocycles. The molecule has 1 saturated heterocycles. The second-order valence-corrected chi connectivity index (χ2v) is 4.81. The van der Waals surface area contributed by atoms with Crippen molar-refractivity contribution in [1.82, 2.24) is 10.2 Å². The first-order valence-corrected chi connectivity index (χ1v) is 5.92. The highest BCUT2D eigenvalue weighted by Crippen LogP contribution is 2.15. The van der Waals surface area contributed by atoms with Crippen molar-refractivity contribution in [2.75, 3.05) is 25.9 Å². The van der Waals surface area contributed by atoms with Crippen LogP contribution in [-0.2, 0) is 0 Å². The van der Waals surface area contributed by atoms with Gasteiger partial charge in [0.2, 0.25) is 0 Å². The molecule has 1 fully saturated rings. The lowest BCUT2D eigenvalue weighted by molar-refractivity contribution is 0.0939. The lowest BCUT2D eigenvalue weighted by Crippen LogP contribution is -2.36. The summed E-state index contributed by atoms with van der Waals surface area (Å²) in [4.78, 5) is 14.3. The van der Waals surface area contributed by atoms with E-state index in [0.29, 0.717) is 11.3 Å². The minimum absolute atomic E-state index is 0.0634. The summed E-state index contributed by atoms with van der Waals surface area (Å²) in [5.41, 5.74) is 7.99. The van der Waals surface area contributed by atoms with Gasteiger partial charge in [-0.05, 0) is 39.1 Å². The van der Waals surface area contributed by atoms with Gasteiger partial charge in [0.05, 0.1) is 5.56 Å². The second kappa shape index (κ2) is 4.75. The maximum Gasteiger partial charge on any atom is 0.253 e. The number of nitrogen functional groups attached to an aromatic ring is 1. The van der Waals surface area contributed by atoms with Gasteiger partial charge in [-0.2, -0.15) is 0 Å². The summed E-state index contributed by atoms with van der Waals surface area (Å²) < 4.78 is 0. The predicted molar refractivity (Wildman–Crippen MR) is 69.0 cm³/mol. The van der Waals surface area contributed by atoms with E-state index >= 15 is 0 Å². The van der Waals surface area contributed by atoms with Crippen LogP contribution in [0.5, 0.6) is 0 Å². The molecule has 1 amide bonds. The first-order valence-electron chi connectivity index (χ1n) is 5.92. The molecule has 1 atom stereocenters. The highest BCUT2D eigenvalue weighted by molar-refractivity contribution is 5.99. The number of aryl methyl sites for hydroxylation is 1. The van der Waals surface area contributed by atoms with E-state index in [2.05, 4.69) is 17.3 Å². The van der Waals surface area contributed by atoms with E-state index in [4.69, 9.17) is 5.73 Å². The van der Waals surface area contributed by atoms with Gasteiger partial charge >= 0.3 is 0 Å². The average Bonchev–Trinajstić information content (AvgIpc) is 2.67. The quantitative estimate of drug-likeness (QED) is 0.750. The molecule has 1 aliphatic heterocycles. The van der Waals surface area contributed by atoms with Gasteiger partial charge in [0.15, 0.2) is 0 Å². The molecule has 2 rings (SSSR count). The smallest absolute Gasteiger partial charge is 0.253 e. The molecular weight excluding hydrogens is 214 g/mol. The van der Waals surface area contributed by atoms with E-state index in [1.165, 1.54) is 0 Å². The zero-order valence-electron chi connectivity index (χ0n) is 10.4. The van der Waals surface area contributed by atoms with Crippen molar-refractivity contribution in [3.05, 3.63) is 29.3 Å². The van der Waals surface area contributed by atoms with Crippen LogP contribution in [0.4, 0.5) is 5.69 Å². The van der Waals surface area contributed by atoms with Crippen LogP contribution in [0.3, 0.4) is 0 Å². The first-order chi connectivity index (χ1) is 8.06. The molecule has 3 N–H and O–H groups in total. The van der Waals surface area contributed by atoms with E-state index in [1.807, 2.05) is 19.1 Å². The Morgan fingerprint density at radius 2 is 2.29 bits per heavy atom. The maximum absolute atomic E-state index is 12.1. The number of nitrogens with two attached hydrogens (primary N) is 1. The normalized spacial score (nSPS) is 20.5. The minimum Gasteiger partial charge on any atom is -0.398 e. The molecule has 4 nitrogen and oxygen atoms in total. The summed E-state index contributed by atoms with van der Waals surface area (Å²) in [6.45, 7) is 3.91. The topological polar surface area (TPSA) is 58.4 Å². The molecule has 0 saturated carbocycles. The van der Waals surface area contributed by atoms with Gasteiger partial charge in [-0.15, -0.1) is 0 Å². The molecule has 1 unspecified atom stereocenters. The standard InChI is InChI=1S/C13H19N3O/c1-9-3-4-12(14)11(7-9)13(17)15-10-5-6-16(2)8-10/h3-4,7,10H,5-6,8,14H2,1-2H3,(H,15,17). The van der Waals surface area contributed by atoms with Gasteiger partial charge in [-0.1, -0.05) is 11.6 Å². The number of likely N-dealkylation sites (tertiary alicyclic amines) is 1. The zero-order valence-corrected chi connectivity index (χ0v) is 10.4. The van der Waals surface area contributed by atoms with Crippen molar-refractivity contribution in [3.63, 3.8) is 0 Å². The lowest BCUT2D eigenvalue weighted by Gasteiger charge is -2.14. The van der Waals surface area contributed by atoms with Gasteiger partial charge in [0.25, 0.3) is 5.91 Å². The summed E-state index contributed by atoms with van der Waals surface area (Å²) in [5.74, 6) is -0.0634. The number of nitrogens with zero attached hydrogens (tertiary/aromatic N) is 1. The third-order valence-electron chi connectivity index (χ3n) is 3.18. The van der Waals surface area contributed by atoms with E-state index in [-0.39, 0.29) is 11.9 Å². The Labute approximate surface area is 102 Å². The van der Waals surface area contributed by atoms with Crippen LogP contribution in [-0.4, -0.2) is 37.0 Å². The van der Waals surface area contributed by atoms with Crippen LogP contribution in [0.15, 0.2) is 18.2 Å². The highest BCUT2D eigenvalue weighted by Gasteiger charge is 2.22. The molecule has 92 valence electrons. The van der Waals surface area contributed by atoms with E-state index in [0.717, 1.165) is 25.1 Å². The van der Waals surface area contributed by atoms with Crippen molar-refractivity contribution < 1.29 is 4.79 Å². The fraction of sp³-hybridized carbons (Fsp3) is 0.462. The first kappa shape index (κ1) is 11.9. The van der Waals surface area contributed by atoms with Crippen LogP contribution >= 0.6 is 0 Å². The monoisotopic (exact) mass is 233 g/mol. The number of amides is 1. The van der Waals surface area contributed by atoms with Crippen molar-refractivity contribution in [3.8, 4) is 0 Å². The van der Waals surface area contributed by atoms with E-state index < -0.39 is 0 Å². The number of benzene rings is 1. The Balaban J connectivity index is 2.06. The number of hydrogen-bond donors (Lipinski definition) is 2. The molecule has 0 aliphatic carbocycles. The molecule has 4 heteroatoms. The number of likely N-dealkylation sites (N-methyl/N-ethyl adjacent to an activating group) is 1. The summed E-state index contributed by atoms with van der Waals surface area (Å²) in [7, 11) is 2.06. The van der Waals surface area contributed by atoms with Crippen LogP contribution < -0.4 is 11.1 Å². The number of carbonyl (C=O) groups is 1. The van der Waals surface area contributed by atoms with E-state index in [1.54, 1.807) is 6.07 Å². The van der Waals surface area contributed by atoms with Crippen LogP contribution in [0.2, 0.25) is 0 Å². The summed E-state index contributed by atoms with van der Waals surface area (Å²) in [6, 6.07) is 5.77. The Morgan fingerprint density at radius 1 is 1.53 bits per heavy atom. The van der Waals surface area contributed by atoms with Crippen LogP contribution in [0.1, 0.15) is 22.3 Å². The minimum atomic E-state index is -0.0634. The molecule has 0 bridgehead atoms. The molecule has 1 aromatic rings. The fourth-order valence-electron chi connectivity index (χ4n) is 2.18. The molecule has 1 aliphatic rings.